The van der Waals surface area contributed by atoms with Crippen molar-refractivity contribution < 1.29 is 9.59 Å². The first kappa shape index (κ1) is 10.5. The molecule has 5 heteroatoms. The van der Waals surface area contributed by atoms with Crippen molar-refractivity contribution in [1.82, 2.24) is 4.98 Å². The van der Waals surface area contributed by atoms with E-state index < -0.39 is 0 Å². The zero-order chi connectivity index (χ0) is 12.7. The lowest BCUT2D eigenvalue weighted by Gasteiger charge is -2.13. The second kappa shape index (κ2) is 3.66. The molecule has 0 radical (unpaired) electrons. The fraction of sp³-hybridized carbons (Fsp3) is 0. The highest BCUT2D eigenvalue weighted by Gasteiger charge is 2.36. The van der Waals surface area contributed by atoms with Crippen LogP contribution in [0, 0.1) is 0 Å². The Morgan fingerprint density at radius 1 is 0.944 bits per heavy atom. The maximum Gasteiger partial charge on any atom is 0.267 e. The molecule has 5 nitrogen and oxygen atoms in total. The van der Waals surface area contributed by atoms with Gasteiger partial charge in [0.05, 0.1) is 16.8 Å². The predicted octanol–water partition coefficient (Wildman–Crippen LogP) is 1.46. The minimum absolute atomic E-state index is 0.331. The Morgan fingerprint density at radius 3 is 2.28 bits per heavy atom. The van der Waals surface area contributed by atoms with E-state index in [0.29, 0.717) is 22.5 Å². The van der Waals surface area contributed by atoms with Crippen LogP contribution in [0.4, 0.5) is 11.4 Å². The Balaban J connectivity index is 2.09. The molecular weight excluding hydrogens is 230 g/mol. The molecule has 0 spiro atoms. The highest BCUT2D eigenvalue weighted by Crippen LogP contribution is 2.27. The van der Waals surface area contributed by atoms with Crippen molar-refractivity contribution in [3.8, 4) is 0 Å². The van der Waals surface area contributed by atoms with Crippen LogP contribution in [0.3, 0.4) is 0 Å². The number of fused-ring (bicyclic) bond motifs is 1. The van der Waals surface area contributed by atoms with Gasteiger partial charge in [0.25, 0.3) is 11.8 Å². The molecule has 0 saturated heterocycles. The van der Waals surface area contributed by atoms with Gasteiger partial charge in [0, 0.05) is 18.1 Å². The number of imide groups is 1. The number of hydrogen-bond donors (Lipinski definition) is 1. The van der Waals surface area contributed by atoms with Crippen LogP contribution in [-0.4, -0.2) is 16.8 Å². The van der Waals surface area contributed by atoms with Gasteiger partial charge in [-0.1, -0.05) is 0 Å². The number of carbonyl (C=O) groups excluding carboxylic acids is 2. The number of nitrogen functional groups attached to an aromatic ring is 1. The van der Waals surface area contributed by atoms with E-state index in [-0.39, 0.29) is 11.8 Å². The summed E-state index contributed by atoms with van der Waals surface area (Å²) in [7, 11) is 0. The average molecular weight is 239 g/mol. The molecule has 0 fully saturated rings. The van der Waals surface area contributed by atoms with Gasteiger partial charge in [0.15, 0.2) is 0 Å². The van der Waals surface area contributed by atoms with Crippen molar-refractivity contribution in [2.24, 2.45) is 0 Å². The molecule has 1 aromatic heterocycles. The topological polar surface area (TPSA) is 76.3 Å². The molecule has 18 heavy (non-hydrogen) atoms. The fourth-order valence-electron chi connectivity index (χ4n) is 1.94. The molecule has 1 aromatic carbocycles. The summed E-state index contributed by atoms with van der Waals surface area (Å²) in [5.41, 5.74) is 7.38. The van der Waals surface area contributed by atoms with Crippen molar-refractivity contribution >= 4 is 23.2 Å². The first-order valence-corrected chi connectivity index (χ1v) is 5.37. The smallest absolute Gasteiger partial charge is 0.267 e. The van der Waals surface area contributed by atoms with Crippen LogP contribution in [0.1, 0.15) is 20.7 Å². The van der Waals surface area contributed by atoms with Gasteiger partial charge in [-0.05, 0) is 30.3 Å². The van der Waals surface area contributed by atoms with Crippen LogP contribution in [-0.2, 0) is 0 Å². The summed E-state index contributed by atoms with van der Waals surface area (Å²) in [6.07, 6.45) is 2.91. The van der Waals surface area contributed by atoms with E-state index in [1.165, 1.54) is 12.4 Å². The molecule has 2 amide bonds. The number of pyridine rings is 1. The van der Waals surface area contributed by atoms with Gasteiger partial charge < -0.3 is 5.73 Å². The molecule has 0 saturated carbocycles. The Labute approximate surface area is 103 Å². The van der Waals surface area contributed by atoms with E-state index in [9.17, 15) is 9.59 Å². The molecule has 2 aromatic rings. The lowest BCUT2D eigenvalue weighted by molar-refractivity contribution is 0.0926. The maximum absolute atomic E-state index is 12.1. The standard InChI is InChI=1S/C13H9N3O2/c14-8-1-3-9(4-2-8)16-12(17)10-5-6-15-7-11(10)13(16)18/h1-7H,14H2. The first-order valence-electron chi connectivity index (χ1n) is 5.37. The largest absolute Gasteiger partial charge is 0.399 e. The van der Waals surface area contributed by atoms with Crippen LogP contribution in [0.5, 0.6) is 0 Å². The number of amides is 2. The number of nitrogens with zero attached hydrogens (tertiary/aromatic N) is 2. The highest BCUT2D eigenvalue weighted by atomic mass is 16.2. The molecule has 0 aliphatic carbocycles. The fourth-order valence-corrected chi connectivity index (χ4v) is 1.94. The molecule has 1 aliphatic rings. The maximum atomic E-state index is 12.1. The second-order valence-electron chi connectivity index (χ2n) is 3.96. The Bertz CT molecular complexity index is 615. The summed E-state index contributed by atoms with van der Waals surface area (Å²) < 4.78 is 0. The van der Waals surface area contributed by atoms with Crippen molar-refractivity contribution in [2.45, 2.75) is 0 Å². The monoisotopic (exact) mass is 239 g/mol. The minimum atomic E-state index is -0.354. The van der Waals surface area contributed by atoms with E-state index in [4.69, 9.17) is 5.73 Å². The molecule has 2 N–H and O–H groups in total. The van der Waals surface area contributed by atoms with Crippen LogP contribution in [0.25, 0.3) is 0 Å². The quantitative estimate of drug-likeness (QED) is 0.603. The third kappa shape index (κ3) is 1.37. The first-order chi connectivity index (χ1) is 8.68. The summed E-state index contributed by atoms with van der Waals surface area (Å²) in [6.45, 7) is 0. The molecule has 2 heterocycles. The Morgan fingerprint density at radius 2 is 1.61 bits per heavy atom. The van der Waals surface area contributed by atoms with E-state index in [1.54, 1.807) is 30.3 Å². The summed E-state index contributed by atoms with van der Waals surface area (Å²) in [6, 6.07) is 8.13. The van der Waals surface area contributed by atoms with Gasteiger partial charge in [-0.2, -0.15) is 0 Å². The molecule has 0 unspecified atom stereocenters. The van der Waals surface area contributed by atoms with Crippen LogP contribution in [0.15, 0.2) is 42.7 Å². The predicted molar refractivity (Wildman–Crippen MR) is 66.2 cm³/mol. The summed E-state index contributed by atoms with van der Waals surface area (Å²) >= 11 is 0. The van der Waals surface area contributed by atoms with Gasteiger partial charge >= 0.3 is 0 Å². The lowest BCUT2D eigenvalue weighted by atomic mass is 10.2. The summed E-state index contributed by atoms with van der Waals surface area (Å²) in [4.78, 5) is 29.3. The van der Waals surface area contributed by atoms with Crippen molar-refractivity contribution in [3.05, 3.63) is 53.9 Å². The highest BCUT2D eigenvalue weighted by molar-refractivity contribution is 6.34. The number of hydrogen-bond acceptors (Lipinski definition) is 4. The normalized spacial score (nSPS) is 13.9. The van der Waals surface area contributed by atoms with Crippen molar-refractivity contribution in [3.63, 3.8) is 0 Å². The zero-order valence-corrected chi connectivity index (χ0v) is 9.33. The van der Waals surface area contributed by atoms with E-state index in [2.05, 4.69) is 4.98 Å². The van der Waals surface area contributed by atoms with Crippen LogP contribution < -0.4 is 10.6 Å². The SMILES string of the molecule is Nc1ccc(N2C(=O)c3ccncc3C2=O)cc1. The van der Waals surface area contributed by atoms with Crippen LogP contribution >= 0.6 is 0 Å². The van der Waals surface area contributed by atoms with Gasteiger partial charge in [-0.15, -0.1) is 0 Å². The van der Waals surface area contributed by atoms with Crippen molar-refractivity contribution in [2.75, 3.05) is 10.6 Å². The van der Waals surface area contributed by atoms with E-state index in [1.807, 2.05) is 0 Å². The van der Waals surface area contributed by atoms with E-state index in [0.717, 1.165) is 4.90 Å². The Hall–Kier alpha value is -2.69. The Kier molecular flexibility index (Phi) is 2.13. The van der Waals surface area contributed by atoms with Gasteiger partial charge in [-0.25, -0.2) is 4.90 Å². The number of carbonyl (C=O) groups is 2. The molecule has 0 bridgehead atoms. The third-order valence-corrected chi connectivity index (χ3v) is 2.84. The summed E-state index contributed by atoms with van der Waals surface area (Å²) in [5.74, 6) is -0.685. The molecule has 0 atom stereocenters. The molecule has 1 aliphatic heterocycles. The molecule has 3 rings (SSSR count). The number of anilines is 2. The van der Waals surface area contributed by atoms with Crippen molar-refractivity contribution in [1.29, 1.82) is 0 Å². The lowest BCUT2D eigenvalue weighted by Crippen LogP contribution is -2.29. The third-order valence-electron chi connectivity index (χ3n) is 2.84. The average Bonchev–Trinajstić information content (AvgIpc) is 2.64. The zero-order valence-electron chi connectivity index (χ0n) is 9.33. The number of aromatic nitrogens is 1. The molecular formula is C13H9N3O2. The van der Waals surface area contributed by atoms with E-state index >= 15 is 0 Å². The van der Waals surface area contributed by atoms with Gasteiger partial charge in [-0.3, -0.25) is 14.6 Å². The number of benzene rings is 1. The number of nitrogens with two attached hydrogens (primary N) is 1. The van der Waals surface area contributed by atoms with Crippen LogP contribution in [0.2, 0.25) is 0 Å². The summed E-state index contributed by atoms with van der Waals surface area (Å²) in [5, 5.41) is 0. The van der Waals surface area contributed by atoms with Gasteiger partial charge in [0.1, 0.15) is 0 Å². The second-order valence-corrected chi connectivity index (χ2v) is 3.96. The number of rotatable bonds is 1. The molecule has 88 valence electrons. The minimum Gasteiger partial charge on any atom is -0.399 e. The van der Waals surface area contributed by atoms with Gasteiger partial charge in [0.2, 0.25) is 0 Å².